The number of hydrogen-bond donors (Lipinski definition) is 1. The van der Waals surface area contributed by atoms with Crippen LogP contribution in [0, 0.1) is 18.3 Å². The van der Waals surface area contributed by atoms with Crippen molar-refractivity contribution in [1.29, 1.82) is 5.26 Å². The number of aryl methyl sites for hydroxylation is 1. The first kappa shape index (κ1) is 15.8. The Labute approximate surface area is 119 Å². The molecule has 108 valence electrons. The van der Waals surface area contributed by atoms with Gasteiger partial charge in [-0.3, -0.25) is 0 Å². The number of alkyl carbamates (subject to hydrolysis) is 1. The van der Waals surface area contributed by atoms with Gasteiger partial charge >= 0.3 is 6.09 Å². The molecule has 1 rings (SSSR count). The summed E-state index contributed by atoms with van der Waals surface area (Å²) >= 11 is 0. The molecule has 0 aliphatic heterocycles. The maximum atomic E-state index is 11.4. The molecule has 0 fully saturated rings. The predicted molar refractivity (Wildman–Crippen MR) is 75.6 cm³/mol. The highest BCUT2D eigenvalue weighted by atomic mass is 16.6. The molecule has 0 bridgehead atoms. The molecule has 0 spiro atoms. The molecule has 1 N–H and O–H groups in total. The fourth-order valence-electron chi connectivity index (χ4n) is 1.53. The molecular weight excluding hydrogens is 256 g/mol. The summed E-state index contributed by atoms with van der Waals surface area (Å²) < 4.78 is 10.6. The third kappa shape index (κ3) is 6.10. The Balaban J connectivity index is 2.37. The molecule has 0 aliphatic rings. The summed E-state index contributed by atoms with van der Waals surface area (Å²) in [4.78, 5) is 11.4. The lowest BCUT2D eigenvalue weighted by Gasteiger charge is -2.19. The van der Waals surface area contributed by atoms with Crippen LogP contribution in [0.3, 0.4) is 0 Å². The van der Waals surface area contributed by atoms with Crippen LogP contribution in [0.4, 0.5) is 4.79 Å². The highest BCUT2D eigenvalue weighted by molar-refractivity contribution is 5.67. The van der Waals surface area contributed by atoms with E-state index in [1.807, 2.05) is 13.0 Å². The van der Waals surface area contributed by atoms with Gasteiger partial charge in [0.05, 0.1) is 18.2 Å². The Hall–Kier alpha value is -2.22. The number of amides is 1. The van der Waals surface area contributed by atoms with Crippen molar-refractivity contribution in [3.05, 3.63) is 29.3 Å². The van der Waals surface area contributed by atoms with E-state index in [1.165, 1.54) is 0 Å². The molecule has 0 aromatic heterocycles. The van der Waals surface area contributed by atoms with Crippen molar-refractivity contribution in [2.24, 2.45) is 0 Å². The highest BCUT2D eigenvalue weighted by Gasteiger charge is 2.15. The lowest BCUT2D eigenvalue weighted by molar-refractivity contribution is 0.0520. The summed E-state index contributed by atoms with van der Waals surface area (Å²) in [6.07, 6.45) is -0.469. The van der Waals surface area contributed by atoms with Gasteiger partial charge in [0.1, 0.15) is 18.0 Å². The topological polar surface area (TPSA) is 71.3 Å². The second-order valence-corrected chi connectivity index (χ2v) is 5.42. The van der Waals surface area contributed by atoms with Crippen molar-refractivity contribution < 1.29 is 14.3 Å². The zero-order valence-corrected chi connectivity index (χ0v) is 12.3. The van der Waals surface area contributed by atoms with Crippen LogP contribution in [-0.4, -0.2) is 24.8 Å². The molecule has 0 saturated carbocycles. The second kappa shape index (κ2) is 6.80. The van der Waals surface area contributed by atoms with E-state index < -0.39 is 11.7 Å². The van der Waals surface area contributed by atoms with Gasteiger partial charge in [-0.2, -0.15) is 5.26 Å². The number of nitrogens with zero attached hydrogens (tertiary/aromatic N) is 1. The summed E-state index contributed by atoms with van der Waals surface area (Å²) in [6, 6.07) is 7.37. The monoisotopic (exact) mass is 276 g/mol. The summed E-state index contributed by atoms with van der Waals surface area (Å²) in [6.45, 7) is 7.96. The van der Waals surface area contributed by atoms with Crippen LogP contribution in [0.25, 0.3) is 0 Å². The van der Waals surface area contributed by atoms with Gasteiger partial charge in [-0.15, -0.1) is 0 Å². The number of rotatable bonds is 4. The Morgan fingerprint density at radius 2 is 2.05 bits per heavy atom. The number of carbonyl (C=O) groups excluding carboxylic acids is 1. The van der Waals surface area contributed by atoms with E-state index in [1.54, 1.807) is 32.9 Å². The average Bonchev–Trinajstić information content (AvgIpc) is 2.32. The minimum atomic E-state index is -0.511. The van der Waals surface area contributed by atoms with Gasteiger partial charge in [-0.25, -0.2) is 4.79 Å². The third-order valence-electron chi connectivity index (χ3n) is 2.22. The van der Waals surface area contributed by atoms with E-state index in [9.17, 15) is 4.79 Å². The van der Waals surface area contributed by atoms with Gasteiger partial charge in [0.2, 0.25) is 0 Å². The van der Waals surface area contributed by atoms with Crippen LogP contribution in [0.15, 0.2) is 18.2 Å². The molecule has 1 amide bonds. The molecule has 0 atom stereocenters. The first-order chi connectivity index (χ1) is 9.30. The standard InChI is InChI=1S/C15H20N2O3/c1-11-7-12(10-16)9-13(8-11)19-6-5-17-14(18)20-15(2,3)4/h7-9H,5-6H2,1-4H3,(H,17,18). The minimum Gasteiger partial charge on any atom is -0.492 e. The SMILES string of the molecule is Cc1cc(C#N)cc(OCCNC(=O)OC(C)(C)C)c1. The summed E-state index contributed by atoms with van der Waals surface area (Å²) in [5.41, 5.74) is 1.00. The van der Waals surface area contributed by atoms with Crippen LogP contribution in [-0.2, 0) is 4.74 Å². The molecule has 20 heavy (non-hydrogen) atoms. The van der Waals surface area contributed by atoms with E-state index in [2.05, 4.69) is 11.4 Å². The zero-order valence-electron chi connectivity index (χ0n) is 12.3. The minimum absolute atomic E-state index is 0.313. The number of nitrogens with one attached hydrogen (secondary N) is 1. The van der Waals surface area contributed by atoms with Crippen LogP contribution in [0.2, 0.25) is 0 Å². The van der Waals surface area contributed by atoms with Gasteiger partial charge in [-0.1, -0.05) is 0 Å². The first-order valence-electron chi connectivity index (χ1n) is 6.41. The summed E-state index contributed by atoms with van der Waals surface area (Å²) in [5.74, 6) is 0.618. The second-order valence-electron chi connectivity index (χ2n) is 5.42. The van der Waals surface area contributed by atoms with Gasteiger partial charge < -0.3 is 14.8 Å². The van der Waals surface area contributed by atoms with Gasteiger partial charge in [0, 0.05) is 0 Å². The Kier molecular flexibility index (Phi) is 5.39. The number of hydrogen-bond acceptors (Lipinski definition) is 4. The molecule has 0 heterocycles. The van der Waals surface area contributed by atoms with Crippen molar-refractivity contribution in [2.45, 2.75) is 33.3 Å². The van der Waals surface area contributed by atoms with Gasteiger partial charge in [0.15, 0.2) is 0 Å². The fourth-order valence-corrected chi connectivity index (χ4v) is 1.53. The summed E-state index contributed by atoms with van der Waals surface area (Å²) in [5, 5.41) is 11.5. The third-order valence-corrected chi connectivity index (χ3v) is 2.22. The molecular formula is C15H20N2O3. The number of benzene rings is 1. The lowest BCUT2D eigenvalue weighted by Crippen LogP contribution is -2.34. The van der Waals surface area contributed by atoms with Crippen molar-refractivity contribution >= 4 is 6.09 Å². The van der Waals surface area contributed by atoms with E-state index >= 15 is 0 Å². The van der Waals surface area contributed by atoms with E-state index in [0.29, 0.717) is 24.5 Å². The normalized spacial score (nSPS) is 10.6. The van der Waals surface area contributed by atoms with E-state index in [4.69, 9.17) is 14.7 Å². The maximum absolute atomic E-state index is 11.4. The Bertz CT molecular complexity index is 513. The van der Waals surface area contributed by atoms with Crippen molar-refractivity contribution in [1.82, 2.24) is 5.32 Å². The molecule has 0 aliphatic carbocycles. The van der Waals surface area contributed by atoms with Gasteiger partial charge in [0.25, 0.3) is 0 Å². The Morgan fingerprint density at radius 1 is 1.35 bits per heavy atom. The molecule has 1 aromatic rings. The van der Waals surface area contributed by atoms with Crippen molar-refractivity contribution in [3.8, 4) is 11.8 Å². The molecule has 0 unspecified atom stereocenters. The predicted octanol–water partition coefficient (Wildman–Crippen LogP) is 2.77. The average molecular weight is 276 g/mol. The largest absolute Gasteiger partial charge is 0.492 e. The van der Waals surface area contributed by atoms with Crippen molar-refractivity contribution in [3.63, 3.8) is 0 Å². The fraction of sp³-hybridized carbons (Fsp3) is 0.467. The van der Waals surface area contributed by atoms with Crippen LogP contribution in [0.5, 0.6) is 5.75 Å². The molecule has 1 aromatic carbocycles. The first-order valence-corrected chi connectivity index (χ1v) is 6.41. The van der Waals surface area contributed by atoms with E-state index in [0.717, 1.165) is 5.56 Å². The number of nitriles is 1. The summed E-state index contributed by atoms with van der Waals surface area (Å²) in [7, 11) is 0. The lowest BCUT2D eigenvalue weighted by atomic mass is 10.1. The molecule has 0 saturated heterocycles. The molecule has 5 heteroatoms. The smallest absolute Gasteiger partial charge is 0.407 e. The zero-order chi connectivity index (χ0) is 15.2. The van der Waals surface area contributed by atoms with E-state index in [-0.39, 0.29) is 0 Å². The number of ether oxygens (including phenoxy) is 2. The van der Waals surface area contributed by atoms with Crippen molar-refractivity contribution in [2.75, 3.05) is 13.2 Å². The highest BCUT2D eigenvalue weighted by Crippen LogP contribution is 2.16. The Morgan fingerprint density at radius 3 is 2.65 bits per heavy atom. The quantitative estimate of drug-likeness (QED) is 0.858. The maximum Gasteiger partial charge on any atom is 0.407 e. The molecule has 0 radical (unpaired) electrons. The molecule has 5 nitrogen and oxygen atoms in total. The van der Waals surface area contributed by atoms with Crippen LogP contribution >= 0.6 is 0 Å². The van der Waals surface area contributed by atoms with Crippen LogP contribution in [0.1, 0.15) is 31.9 Å². The van der Waals surface area contributed by atoms with Crippen LogP contribution < -0.4 is 10.1 Å². The van der Waals surface area contributed by atoms with Gasteiger partial charge in [-0.05, 0) is 51.5 Å². The number of carbonyl (C=O) groups is 1.